The van der Waals surface area contributed by atoms with Crippen molar-refractivity contribution in [1.82, 2.24) is 0 Å². The molecule has 0 atom stereocenters. The highest BCUT2D eigenvalue weighted by Crippen LogP contribution is 2.19. The van der Waals surface area contributed by atoms with Crippen LogP contribution < -0.4 is 5.32 Å². The van der Waals surface area contributed by atoms with Crippen LogP contribution in [-0.2, 0) is 0 Å². The molecule has 0 aliphatic carbocycles. The van der Waals surface area contributed by atoms with Crippen LogP contribution >= 0.6 is 11.6 Å². The molecule has 1 N–H and O–H groups in total. The lowest BCUT2D eigenvalue weighted by Gasteiger charge is -2.06. The summed E-state index contributed by atoms with van der Waals surface area (Å²) in [6, 6.07) is 5.74. The molecule has 0 bridgehead atoms. The third-order valence-electron chi connectivity index (χ3n) is 1.81. The number of anilines is 1. The minimum absolute atomic E-state index is 0.285. The molecule has 1 aromatic rings. The summed E-state index contributed by atoms with van der Waals surface area (Å²) in [5, 5.41) is 3.83. The van der Waals surface area contributed by atoms with Crippen LogP contribution in [0.3, 0.4) is 0 Å². The Kier molecular flexibility index (Phi) is 4.03. The zero-order chi connectivity index (χ0) is 9.68. The van der Waals surface area contributed by atoms with Gasteiger partial charge in [-0.05, 0) is 31.0 Å². The fraction of sp³-hybridized carbons (Fsp3) is 0.400. The molecule has 1 nitrogen and oxygen atoms in total. The molecule has 0 unspecified atom stereocenters. The van der Waals surface area contributed by atoms with Gasteiger partial charge in [0.05, 0.1) is 6.67 Å². The topological polar surface area (TPSA) is 12.0 Å². The summed E-state index contributed by atoms with van der Waals surface area (Å²) < 4.78 is 11.8. The largest absolute Gasteiger partial charge is 0.385 e. The monoisotopic (exact) mass is 201 g/mol. The zero-order valence-electron chi connectivity index (χ0n) is 7.61. The SMILES string of the molecule is Cc1ccc(NCCCF)cc1Cl. The second-order valence-corrected chi connectivity index (χ2v) is 3.34. The van der Waals surface area contributed by atoms with E-state index in [0.717, 1.165) is 16.3 Å². The van der Waals surface area contributed by atoms with Gasteiger partial charge in [0.1, 0.15) is 0 Å². The van der Waals surface area contributed by atoms with E-state index in [4.69, 9.17) is 11.6 Å². The minimum Gasteiger partial charge on any atom is -0.385 e. The van der Waals surface area contributed by atoms with Crippen LogP contribution in [0.25, 0.3) is 0 Å². The van der Waals surface area contributed by atoms with Crippen molar-refractivity contribution in [1.29, 1.82) is 0 Å². The molecule has 0 saturated heterocycles. The predicted octanol–water partition coefficient (Wildman–Crippen LogP) is 3.42. The molecule has 0 spiro atoms. The Morgan fingerprint density at radius 1 is 1.46 bits per heavy atom. The van der Waals surface area contributed by atoms with Crippen molar-refractivity contribution in [2.24, 2.45) is 0 Å². The summed E-state index contributed by atoms with van der Waals surface area (Å²) in [6.07, 6.45) is 0.533. The second kappa shape index (κ2) is 5.07. The molecule has 3 heteroatoms. The van der Waals surface area contributed by atoms with E-state index in [9.17, 15) is 4.39 Å². The highest BCUT2D eigenvalue weighted by molar-refractivity contribution is 6.31. The summed E-state index contributed by atoms with van der Waals surface area (Å²) >= 11 is 5.91. The molecule has 0 heterocycles. The van der Waals surface area contributed by atoms with Gasteiger partial charge in [-0.15, -0.1) is 0 Å². The van der Waals surface area contributed by atoms with Gasteiger partial charge in [0, 0.05) is 17.3 Å². The van der Waals surface area contributed by atoms with Gasteiger partial charge in [-0.25, -0.2) is 0 Å². The summed E-state index contributed by atoms with van der Waals surface area (Å²) in [6.45, 7) is 2.32. The first-order valence-electron chi connectivity index (χ1n) is 4.30. The van der Waals surface area contributed by atoms with Gasteiger partial charge >= 0.3 is 0 Å². The Morgan fingerprint density at radius 2 is 2.23 bits per heavy atom. The predicted molar refractivity (Wildman–Crippen MR) is 55.3 cm³/mol. The van der Waals surface area contributed by atoms with E-state index in [0.29, 0.717) is 13.0 Å². The lowest BCUT2D eigenvalue weighted by Crippen LogP contribution is -2.01. The van der Waals surface area contributed by atoms with E-state index >= 15 is 0 Å². The molecule has 0 aliphatic heterocycles. The maximum Gasteiger partial charge on any atom is 0.0911 e. The van der Waals surface area contributed by atoms with Gasteiger partial charge in [-0.2, -0.15) is 0 Å². The average Bonchev–Trinajstić information content (AvgIpc) is 2.12. The van der Waals surface area contributed by atoms with Crippen molar-refractivity contribution in [2.45, 2.75) is 13.3 Å². The van der Waals surface area contributed by atoms with Crippen LogP contribution in [0.4, 0.5) is 10.1 Å². The van der Waals surface area contributed by atoms with E-state index in [-0.39, 0.29) is 6.67 Å². The smallest absolute Gasteiger partial charge is 0.0911 e. The fourth-order valence-electron chi connectivity index (χ4n) is 1.00. The Hall–Kier alpha value is -0.760. The number of alkyl halides is 1. The van der Waals surface area contributed by atoms with Crippen LogP contribution in [0, 0.1) is 6.92 Å². The highest BCUT2D eigenvalue weighted by Gasteiger charge is 1.96. The molecule has 0 aromatic heterocycles. The van der Waals surface area contributed by atoms with E-state index in [1.807, 2.05) is 25.1 Å². The Bertz CT molecular complexity index is 276. The zero-order valence-corrected chi connectivity index (χ0v) is 8.37. The molecular formula is C10H13ClFN. The van der Waals surface area contributed by atoms with E-state index < -0.39 is 0 Å². The first-order chi connectivity index (χ1) is 6.24. The number of rotatable bonds is 4. The summed E-state index contributed by atoms with van der Waals surface area (Å²) in [7, 11) is 0. The molecule has 0 radical (unpaired) electrons. The molecule has 0 aliphatic rings. The van der Waals surface area contributed by atoms with E-state index in [2.05, 4.69) is 5.32 Å². The number of hydrogen-bond donors (Lipinski definition) is 1. The lowest BCUT2D eigenvalue weighted by atomic mass is 10.2. The van der Waals surface area contributed by atoms with Gasteiger partial charge < -0.3 is 5.32 Å². The molecule has 1 rings (SSSR count). The summed E-state index contributed by atoms with van der Waals surface area (Å²) in [5.74, 6) is 0. The van der Waals surface area contributed by atoms with Crippen LogP contribution in [0.1, 0.15) is 12.0 Å². The number of nitrogens with one attached hydrogen (secondary N) is 1. The molecule has 72 valence electrons. The number of benzene rings is 1. The van der Waals surface area contributed by atoms with Crippen molar-refractivity contribution in [3.8, 4) is 0 Å². The van der Waals surface area contributed by atoms with Crippen molar-refractivity contribution in [3.63, 3.8) is 0 Å². The standard InChI is InChI=1S/C10H13ClFN/c1-8-3-4-9(7-10(8)11)13-6-2-5-12/h3-4,7,13H,2,5-6H2,1H3. The minimum atomic E-state index is -0.285. The van der Waals surface area contributed by atoms with Crippen molar-refractivity contribution in [2.75, 3.05) is 18.5 Å². The van der Waals surface area contributed by atoms with Gasteiger partial charge in [0.2, 0.25) is 0 Å². The normalized spacial score (nSPS) is 10.1. The fourth-order valence-corrected chi connectivity index (χ4v) is 1.18. The van der Waals surface area contributed by atoms with Crippen LogP contribution in [0.15, 0.2) is 18.2 Å². The van der Waals surface area contributed by atoms with Crippen molar-refractivity contribution < 1.29 is 4.39 Å². The Morgan fingerprint density at radius 3 is 2.85 bits per heavy atom. The molecule has 13 heavy (non-hydrogen) atoms. The molecule has 0 fully saturated rings. The number of halogens is 2. The summed E-state index contributed by atoms with van der Waals surface area (Å²) in [4.78, 5) is 0. The molecule has 1 aromatic carbocycles. The quantitative estimate of drug-likeness (QED) is 0.737. The average molecular weight is 202 g/mol. The third kappa shape index (κ3) is 3.23. The Labute approximate surface area is 82.9 Å². The van der Waals surface area contributed by atoms with Crippen molar-refractivity contribution >= 4 is 17.3 Å². The maximum absolute atomic E-state index is 11.8. The van der Waals surface area contributed by atoms with Crippen LogP contribution in [0.2, 0.25) is 5.02 Å². The number of hydrogen-bond acceptors (Lipinski definition) is 1. The van der Waals surface area contributed by atoms with Gasteiger partial charge in [0.15, 0.2) is 0 Å². The first-order valence-corrected chi connectivity index (χ1v) is 4.68. The third-order valence-corrected chi connectivity index (χ3v) is 2.22. The molecule has 0 saturated carbocycles. The lowest BCUT2D eigenvalue weighted by molar-refractivity contribution is 0.481. The second-order valence-electron chi connectivity index (χ2n) is 2.93. The Balaban J connectivity index is 2.53. The maximum atomic E-state index is 11.8. The van der Waals surface area contributed by atoms with Gasteiger partial charge in [0.25, 0.3) is 0 Å². The highest BCUT2D eigenvalue weighted by atomic mass is 35.5. The van der Waals surface area contributed by atoms with E-state index in [1.54, 1.807) is 0 Å². The van der Waals surface area contributed by atoms with Gasteiger partial charge in [-0.1, -0.05) is 17.7 Å². The van der Waals surface area contributed by atoms with Crippen molar-refractivity contribution in [3.05, 3.63) is 28.8 Å². The number of aryl methyl sites for hydroxylation is 1. The van der Waals surface area contributed by atoms with E-state index in [1.165, 1.54) is 0 Å². The van der Waals surface area contributed by atoms with Crippen LogP contribution in [-0.4, -0.2) is 13.2 Å². The molecular weight excluding hydrogens is 189 g/mol. The summed E-state index contributed by atoms with van der Waals surface area (Å²) in [5.41, 5.74) is 2.00. The first kappa shape index (κ1) is 10.3. The van der Waals surface area contributed by atoms with Crippen LogP contribution in [0.5, 0.6) is 0 Å². The molecule has 0 amide bonds. The van der Waals surface area contributed by atoms with Gasteiger partial charge in [-0.3, -0.25) is 4.39 Å².